The van der Waals surface area contributed by atoms with Crippen LogP contribution in [0.15, 0.2) is 133 Å². The zero-order valence-corrected chi connectivity index (χ0v) is 73.9. The normalized spacial score (nSPS) is 11.1. The molecular weight excluding hydrogens is 1890 g/mol. The van der Waals surface area contributed by atoms with Crippen molar-refractivity contribution in [2.75, 3.05) is 39.4 Å². The fraction of sp³-hybridized carbons (Fsp3) is 0.500. The van der Waals surface area contributed by atoms with Gasteiger partial charge in [0.25, 0.3) is 0 Å². The van der Waals surface area contributed by atoms with E-state index in [9.17, 15) is 0 Å². The zero-order chi connectivity index (χ0) is 57.6. The van der Waals surface area contributed by atoms with Gasteiger partial charge in [-0.2, -0.15) is 45.5 Å². The van der Waals surface area contributed by atoms with Crippen molar-refractivity contribution in [3.8, 4) is 0 Å². The van der Waals surface area contributed by atoms with E-state index >= 15 is 0 Å². The molecule has 0 N–H and O–H groups in total. The summed E-state index contributed by atoms with van der Waals surface area (Å²) in [5.41, 5.74) is 11.6. The second-order valence-corrected chi connectivity index (χ2v) is 25.0. The summed E-state index contributed by atoms with van der Waals surface area (Å²) in [4.78, 5) is 9.57. The molecule has 3 heterocycles. The first-order valence-electron chi connectivity index (χ1n) is 28.8. The Bertz CT molecular complexity index is 2300. The summed E-state index contributed by atoms with van der Waals surface area (Å²) in [6.45, 7) is 37.8. The van der Waals surface area contributed by atoms with E-state index in [2.05, 4.69) is 96.9 Å². The number of aromatic nitrogens is 2. The Hall–Kier alpha value is -1.50. The molecule has 7 rings (SSSR count). The summed E-state index contributed by atoms with van der Waals surface area (Å²) in [7, 11) is 0. The van der Waals surface area contributed by atoms with Gasteiger partial charge in [0, 0.05) is 36.0 Å². The molecule has 13 nitrogen and oxygen atoms in total. The second kappa shape index (κ2) is 51.0. The fourth-order valence-corrected chi connectivity index (χ4v) is 7.30. The van der Waals surface area contributed by atoms with Crippen LogP contribution in [0.25, 0.3) is 42.5 Å². The predicted octanol–water partition coefficient (Wildman–Crippen LogP) is 20.1. The Labute approximate surface area is 635 Å². The quantitative estimate of drug-likeness (QED) is 0.0454. The molecule has 0 atom stereocenters. The fourth-order valence-electron chi connectivity index (χ4n) is 7.30. The average molecular weight is 1990 g/mol. The van der Waals surface area contributed by atoms with Crippen LogP contribution in [0.4, 0.5) is 45.5 Å². The maximum atomic E-state index is 4.94. The van der Waals surface area contributed by atoms with Crippen LogP contribution in [0.1, 0.15) is 158 Å². The minimum atomic E-state index is 0. The number of para-hydroxylation sites is 8. The van der Waals surface area contributed by atoms with Gasteiger partial charge >= 0.3 is 150 Å². The molecule has 2 aromatic heterocycles. The summed E-state index contributed by atoms with van der Waals surface area (Å²) in [5, 5.41) is 38.3. The molecule has 1 aliphatic heterocycles. The van der Waals surface area contributed by atoms with Crippen molar-refractivity contribution >= 4 is 196 Å². The van der Waals surface area contributed by atoms with E-state index in [1.54, 1.807) is 0 Å². The van der Waals surface area contributed by atoms with Gasteiger partial charge in [-0.1, -0.05) is 280 Å². The minimum Gasteiger partial charge on any atom is -2.00 e. The third-order valence-electron chi connectivity index (χ3n) is 11.6. The molecular formula is C68H96N10O3Pb2Sn4. The summed E-state index contributed by atoms with van der Waals surface area (Å²) < 4.78 is 4.94. The van der Waals surface area contributed by atoms with E-state index in [-0.39, 0.29) is 183 Å². The molecule has 1 fully saturated rings. The van der Waals surface area contributed by atoms with Gasteiger partial charge < -0.3 is 58.2 Å². The SMILES string of the molecule is C1CCOC1.CC(C)(C)C[N-]c1ccccc1[N-]Cc1cccc(C[N-]c2ccccc2[N-]CC(C)(C)C)n1.CC(C)(C)C[N-]c1ccccc1[N-]Cc1cccc(C[N-]c2ccccc2[N-]CC(C)(C)C)n1.CCCCCC.[O-2].[O-2].[Pb+2].[Pb+2].[Sn+2].[Sn+2].[Sn+2].[Sn+2]. The van der Waals surface area contributed by atoms with Crippen molar-refractivity contribution in [3.63, 3.8) is 0 Å². The number of rotatable bonds is 23. The van der Waals surface area contributed by atoms with E-state index in [4.69, 9.17) is 57.2 Å². The summed E-state index contributed by atoms with van der Waals surface area (Å²) in [6.07, 6.45) is 8.09. The van der Waals surface area contributed by atoms with Crippen molar-refractivity contribution < 1.29 is 15.7 Å². The van der Waals surface area contributed by atoms with Gasteiger partial charge in [0.2, 0.25) is 0 Å². The molecule has 4 aromatic carbocycles. The standard InChI is InChI=1S/2C29H37N5.C6H14.C4H8O.2O.2Pb.4Sn/c2*1-28(2,3)20-32-26-16-9-7-14-24(26)30-18-22-12-11-13-23(34-22)19-31-25-15-8-10-17-27(25)33-21-29(4,5)6;1-3-5-6-4-2;1-2-4-5-3-1;;;;;;;;/h2*7-17H,18-21H2,1-6H3;3-6H2,1-2H3;1-4H2;;;;;;;;/q2*-4;;;2*-2;6*+2. The van der Waals surface area contributed by atoms with Crippen LogP contribution in [0.2, 0.25) is 0 Å². The Balaban J connectivity index is -0.000000405. The maximum absolute atomic E-state index is 4.94. The van der Waals surface area contributed by atoms with Gasteiger partial charge in [0.1, 0.15) is 0 Å². The van der Waals surface area contributed by atoms with Crippen LogP contribution in [-0.2, 0) is 41.9 Å². The topological polar surface area (TPSA) is 205 Å². The molecule has 87 heavy (non-hydrogen) atoms. The van der Waals surface area contributed by atoms with Gasteiger partial charge in [-0.05, 0) is 37.1 Å². The molecule has 1 saturated heterocycles. The van der Waals surface area contributed by atoms with Crippen LogP contribution in [-0.4, -0.2) is 200 Å². The Morgan fingerprint density at radius 2 is 0.517 bits per heavy atom. The molecule has 12 radical (unpaired) electrons. The molecule has 0 bridgehead atoms. The van der Waals surface area contributed by atoms with Crippen molar-refractivity contribution in [2.45, 2.75) is 162 Å². The Morgan fingerprint density at radius 1 is 0.322 bits per heavy atom. The molecule has 0 spiro atoms. The van der Waals surface area contributed by atoms with E-state index < -0.39 is 0 Å². The Morgan fingerprint density at radius 3 is 0.678 bits per heavy atom. The van der Waals surface area contributed by atoms with Crippen LogP contribution in [0, 0.1) is 21.7 Å². The average Bonchev–Trinajstić information content (AvgIpc) is 4.02. The molecule has 460 valence electrons. The number of hydrogen-bond acceptors (Lipinski definition) is 3. The van der Waals surface area contributed by atoms with Crippen LogP contribution in [0.3, 0.4) is 0 Å². The third kappa shape index (κ3) is 43.9. The molecule has 0 aliphatic carbocycles. The van der Waals surface area contributed by atoms with Gasteiger partial charge in [0.05, 0.1) is 0 Å². The van der Waals surface area contributed by atoms with Crippen LogP contribution in [0.5, 0.6) is 0 Å². The number of pyridine rings is 2. The molecule has 6 aromatic rings. The zero-order valence-electron chi connectivity index (χ0n) is 54.7. The largest absolute Gasteiger partial charge is 2.00 e. The van der Waals surface area contributed by atoms with Crippen molar-refractivity contribution in [1.29, 1.82) is 0 Å². The van der Waals surface area contributed by atoms with E-state index in [0.717, 1.165) is 108 Å². The first-order valence-corrected chi connectivity index (χ1v) is 28.8. The van der Waals surface area contributed by atoms with Crippen LogP contribution < -0.4 is 0 Å². The van der Waals surface area contributed by atoms with Crippen molar-refractivity contribution in [2.24, 2.45) is 21.7 Å². The molecule has 0 unspecified atom stereocenters. The van der Waals surface area contributed by atoms with Gasteiger partial charge in [0.15, 0.2) is 0 Å². The monoisotopic (exact) mass is 2000 g/mol. The number of ether oxygens (including phenoxy) is 1. The predicted molar refractivity (Wildman–Crippen MR) is 376 cm³/mol. The molecule has 0 saturated carbocycles. The first-order chi connectivity index (χ1) is 37.6. The summed E-state index contributed by atoms with van der Waals surface area (Å²) in [6, 6.07) is 44.2. The smallest absolute Gasteiger partial charge is 2.00 e. The minimum absolute atomic E-state index is 0. The molecule has 1 aliphatic rings. The summed E-state index contributed by atoms with van der Waals surface area (Å²) in [5.74, 6) is 0. The first kappa shape index (κ1) is 94.2. The number of benzene rings is 4. The summed E-state index contributed by atoms with van der Waals surface area (Å²) >= 11 is 0. The van der Waals surface area contributed by atoms with Crippen LogP contribution >= 0.6 is 0 Å². The second-order valence-electron chi connectivity index (χ2n) is 25.0. The third-order valence-corrected chi connectivity index (χ3v) is 11.6. The van der Waals surface area contributed by atoms with Gasteiger partial charge in [-0.3, -0.25) is 9.97 Å². The molecule has 0 amide bonds. The number of nitrogens with zero attached hydrogens (tertiary/aromatic N) is 10. The van der Waals surface area contributed by atoms with E-state index in [1.807, 2.05) is 133 Å². The maximum Gasteiger partial charge on any atom is 2.00 e. The molecule has 19 heteroatoms. The van der Waals surface area contributed by atoms with Gasteiger partial charge in [-0.15, -0.1) is 26.2 Å². The van der Waals surface area contributed by atoms with Crippen molar-refractivity contribution in [1.82, 2.24) is 9.97 Å². The van der Waals surface area contributed by atoms with E-state index in [1.165, 1.54) is 38.5 Å². The number of hydrogen-bond donors (Lipinski definition) is 0. The number of unbranched alkanes of at least 4 members (excludes halogenated alkanes) is 3. The van der Waals surface area contributed by atoms with Gasteiger partial charge in [-0.25, -0.2) is 0 Å². The van der Waals surface area contributed by atoms with E-state index in [0.29, 0.717) is 26.2 Å². The Kier molecular flexibility index (Phi) is 55.2. The van der Waals surface area contributed by atoms with Crippen molar-refractivity contribution in [3.05, 3.63) is 199 Å².